The van der Waals surface area contributed by atoms with Crippen LogP contribution in [0.5, 0.6) is 11.5 Å². The highest BCUT2D eigenvalue weighted by Gasteiger charge is 2.22. The summed E-state index contributed by atoms with van der Waals surface area (Å²) in [5, 5.41) is 10.3. The summed E-state index contributed by atoms with van der Waals surface area (Å²) in [5.41, 5.74) is 1.48. The van der Waals surface area contributed by atoms with E-state index in [1.807, 2.05) is 19.0 Å². The maximum atomic E-state index is 11.8. The first-order valence-corrected chi connectivity index (χ1v) is 8.71. The van der Waals surface area contributed by atoms with Crippen molar-refractivity contribution in [1.82, 2.24) is 4.90 Å². The summed E-state index contributed by atoms with van der Waals surface area (Å²) < 4.78 is 11.0. The second-order valence-electron chi connectivity index (χ2n) is 6.27. The summed E-state index contributed by atoms with van der Waals surface area (Å²) in [4.78, 5) is 13.9. The molecule has 5 nitrogen and oxygen atoms in total. The van der Waals surface area contributed by atoms with Crippen LogP contribution in [0.25, 0.3) is 0 Å². The lowest BCUT2D eigenvalue weighted by Gasteiger charge is -2.18. The van der Waals surface area contributed by atoms with E-state index in [0.29, 0.717) is 35.1 Å². The Labute approximate surface area is 159 Å². The van der Waals surface area contributed by atoms with Crippen molar-refractivity contribution < 1.29 is 19.4 Å². The summed E-state index contributed by atoms with van der Waals surface area (Å²) in [5.74, 6) is -0.241. The Morgan fingerprint density at radius 1 is 1.19 bits per heavy atom. The van der Waals surface area contributed by atoms with Gasteiger partial charge in [0, 0.05) is 11.6 Å². The van der Waals surface area contributed by atoms with E-state index >= 15 is 0 Å². The van der Waals surface area contributed by atoms with Gasteiger partial charge in [-0.15, -0.1) is 0 Å². The highest BCUT2D eigenvalue weighted by Crippen LogP contribution is 2.30. The summed E-state index contributed by atoms with van der Waals surface area (Å²) in [7, 11) is 5.51. The zero-order chi connectivity index (χ0) is 19.1. The van der Waals surface area contributed by atoms with Gasteiger partial charge in [0.25, 0.3) is 0 Å². The maximum Gasteiger partial charge on any atom is 0.311 e. The Hall–Kier alpha value is -2.24. The van der Waals surface area contributed by atoms with Gasteiger partial charge >= 0.3 is 5.97 Å². The van der Waals surface area contributed by atoms with Crippen LogP contribution < -0.4 is 9.47 Å². The third kappa shape index (κ3) is 5.64. The minimum absolute atomic E-state index is 0.291. The molecule has 0 saturated heterocycles. The van der Waals surface area contributed by atoms with Crippen molar-refractivity contribution in [3.05, 3.63) is 58.6 Å². The zero-order valence-corrected chi connectivity index (χ0v) is 16.0. The van der Waals surface area contributed by atoms with Crippen LogP contribution in [0.3, 0.4) is 0 Å². The zero-order valence-electron chi connectivity index (χ0n) is 15.2. The monoisotopic (exact) mass is 377 g/mol. The first-order valence-electron chi connectivity index (χ1n) is 8.33. The molecule has 0 saturated carbocycles. The van der Waals surface area contributed by atoms with Crippen LogP contribution >= 0.6 is 11.6 Å². The summed E-state index contributed by atoms with van der Waals surface area (Å²) in [6.45, 7) is 1.28. The lowest BCUT2D eigenvalue weighted by atomic mass is 9.91. The molecule has 0 spiro atoms. The van der Waals surface area contributed by atoms with Gasteiger partial charge in [0.1, 0.15) is 18.1 Å². The normalized spacial score (nSPS) is 12.0. The van der Waals surface area contributed by atoms with E-state index in [1.54, 1.807) is 49.6 Å². The fraction of sp³-hybridized carbons (Fsp3) is 0.350. The number of benzene rings is 2. The summed E-state index contributed by atoms with van der Waals surface area (Å²) in [6, 6.07) is 12.4. The predicted octanol–water partition coefficient (Wildman–Crippen LogP) is 3.70. The van der Waals surface area contributed by atoms with E-state index in [2.05, 4.69) is 0 Å². The van der Waals surface area contributed by atoms with Crippen LogP contribution in [0.2, 0.25) is 5.02 Å². The number of likely N-dealkylation sites (N-methyl/N-ethyl adjacent to an activating group) is 1. The molecule has 0 amide bonds. The molecule has 0 heterocycles. The fourth-order valence-electron chi connectivity index (χ4n) is 2.59. The van der Waals surface area contributed by atoms with Crippen LogP contribution in [0.4, 0.5) is 0 Å². The molecule has 1 unspecified atom stereocenters. The Balaban J connectivity index is 2.24. The van der Waals surface area contributed by atoms with Crippen molar-refractivity contribution in [3.63, 3.8) is 0 Å². The van der Waals surface area contributed by atoms with E-state index in [9.17, 15) is 9.90 Å². The van der Waals surface area contributed by atoms with E-state index in [-0.39, 0.29) is 0 Å². The van der Waals surface area contributed by atoms with Gasteiger partial charge in [-0.25, -0.2) is 0 Å². The molecule has 1 N–H and O–H groups in total. The number of carbonyl (C=O) groups is 1. The van der Waals surface area contributed by atoms with E-state index in [1.165, 1.54) is 0 Å². The quantitative estimate of drug-likeness (QED) is 0.722. The molecule has 0 aliphatic carbocycles. The number of rotatable bonds is 9. The number of carboxylic acids is 1. The molecule has 1 atom stereocenters. The maximum absolute atomic E-state index is 11.8. The average molecular weight is 378 g/mol. The van der Waals surface area contributed by atoms with Gasteiger partial charge in [-0.3, -0.25) is 4.79 Å². The molecule has 0 aliphatic rings. The van der Waals surface area contributed by atoms with Crippen LogP contribution in [-0.4, -0.2) is 50.3 Å². The van der Waals surface area contributed by atoms with Gasteiger partial charge in [-0.05, 0) is 62.0 Å². The highest BCUT2D eigenvalue weighted by atomic mass is 35.5. The highest BCUT2D eigenvalue weighted by molar-refractivity contribution is 6.30. The molecule has 6 heteroatoms. The molecule has 2 aromatic carbocycles. The SMILES string of the molecule is COc1ccc(C(Cc2cc(Cl)ccc2OCCN(C)C)C(=O)O)cc1. The number of methoxy groups -OCH3 is 1. The average Bonchev–Trinajstić information content (AvgIpc) is 2.61. The van der Waals surface area contributed by atoms with Crippen molar-refractivity contribution in [3.8, 4) is 11.5 Å². The van der Waals surface area contributed by atoms with Crippen molar-refractivity contribution in [2.24, 2.45) is 0 Å². The number of ether oxygens (including phenoxy) is 2. The third-order valence-electron chi connectivity index (χ3n) is 4.06. The Kier molecular flexibility index (Phi) is 7.30. The van der Waals surface area contributed by atoms with Gasteiger partial charge < -0.3 is 19.5 Å². The van der Waals surface area contributed by atoms with E-state index in [4.69, 9.17) is 21.1 Å². The molecular formula is C20H24ClNO4. The topological polar surface area (TPSA) is 59.0 Å². The minimum atomic E-state index is -0.894. The van der Waals surface area contributed by atoms with Crippen LogP contribution in [0.15, 0.2) is 42.5 Å². The van der Waals surface area contributed by atoms with Gasteiger partial charge in [0.2, 0.25) is 0 Å². The van der Waals surface area contributed by atoms with Crippen molar-refractivity contribution in [1.29, 1.82) is 0 Å². The Morgan fingerprint density at radius 3 is 2.46 bits per heavy atom. The van der Waals surface area contributed by atoms with Crippen LogP contribution in [0, 0.1) is 0 Å². The number of carboxylic acid groups (broad SMARTS) is 1. The van der Waals surface area contributed by atoms with Gasteiger partial charge in [0.05, 0.1) is 13.0 Å². The van der Waals surface area contributed by atoms with Crippen LogP contribution in [0.1, 0.15) is 17.0 Å². The molecule has 0 radical (unpaired) electrons. The Bertz CT molecular complexity index is 731. The number of hydrogen-bond acceptors (Lipinski definition) is 4. The van der Waals surface area contributed by atoms with E-state index < -0.39 is 11.9 Å². The van der Waals surface area contributed by atoms with Crippen molar-refractivity contribution in [2.75, 3.05) is 34.4 Å². The molecule has 26 heavy (non-hydrogen) atoms. The standard InChI is InChI=1S/C20H24ClNO4/c1-22(2)10-11-26-19-9-6-16(21)12-15(19)13-18(20(23)24)14-4-7-17(25-3)8-5-14/h4-9,12,18H,10-11,13H2,1-3H3,(H,23,24). The number of aliphatic carboxylic acids is 1. The van der Waals surface area contributed by atoms with Crippen molar-refractivity contribution in [2.45, 2.75) is 12.3 Å². The lowest BCUT2D eigenvalue weighted by molar-refractivity contribution is -0.138. The van der Waals surface area contributed by atoms with Gasteiger partial charge in [-0.2, -0.15) is 0 Å². The third-order valence-corrected chi connectivity index (χ3v) is 4.29. The molecule has 140 valence electrons. The molecule has 0 aromatic heterocycles. The number of hydrogen-bond donors (Lipinski definition) is 1. The van der Waals surface area contributed by atoms with Gasteiger partial charge in [-0.1, -0.05) is 23.7 Å². The predicted molar refractivity (Wildman–Crippen MR) is 103 cm³/mol. The van der Waals surface area contributed by atoms with Crippen LogP contribution in [-0.2, 0) is 11.2 Å². The second-order valence-corrected chi connectivity index (χ2v) is 6.71. The lowest BCUT2D eigenvalue weighted by Crippen LogP contribution is -2.20. The molecular weight excluding hydrogens is 354 g/mol. The minimum Gasteiger partial charge on any atom is -0.497 e. The van der Waals surface area contributed by atoms with Crippen molar-refractivity contribution >= 4 is 17.6 Å². The smallest absolute Gasteiger partial charge is 0.311 e. The van der Waals surface area contributed by atoms with E-state index in [0.717, 1.165) is 12.1 Å². The first kappa shape index (κ1) is 20.1. The molecule has 2 aromatic rings. The van der Waals surface area contributed by atoms with Gasteiger partial charge in [0.15, 0.2) is 0 Å². The summed E-state index contributed by atoms with van der Waals surface area (Å²) in [6.07, 6.45) is 0.291. The molecule has 0 bridgehead atoms. The second kappa shape index (κ2) is 9.46. The molecule has 0 aliphatic heterocycles. The number of halogens is 1. The molecule has 2 rings (SSSR count). The Morgan fingerprint density at radius 2 is 1.88 bits per heavy atom. The largest absolute Gasteiger partial charge is 0.497 e. The fourth-order valence-corrected chi connectivity index (χ4v) is 2.79. The first-order chi connectivity index (χ1) is 12.4. The summed E-state index contributed by atoms with van der Waals surface area (Å²) >= 11 is 6.12. The number of nitrogens with zero attached hydrogens (tertiary/aromatic N) is 1. The molecule has 0 fully saturated rings.